The summed E-state index contributed by atoms with van der Waals surface area (Å²) in [6, 6.07) is -0.334. The second-order valence-corrected chi connectivity index (χ2v) is 9.37. The highest BCUT2D eigenvalue weighted by atomic mass is 16.4. The Morgan fingerprint density at radius 2 is 1.11 bits per heavy atom. The number of amides is 2. The van der Waals surface area contributed by atoms with Gasteiger partial charge in [0.2, 0.25) is 11.8 Å². The quantitative estimate of drug-likeness (QED) is 0.184. The third kappa shape index (κ3) is 15.0. The van der Waals surface area contributed by atoms with Gasteiger partial charge in [0, 0.05) is 43.7 Å². The molecule has 6 heteroatoms. The van der Waals surface area contributed by atoms with E-state index in [4.69, 9.17) is 5.11 Å². The second-order valence-electron chi connectivity index (χ2n) is 9.37. The number of hydrogen-bond donors (Lipinski definition) is 1. The molecule has 0 aromatic rings. The van der Waals surface area contributed by atoms with E-state index in [0.29, 0.717) is 25.9 Å². The summed E-state index contributed by atoms with van der Waals surface area (Å²) in [5.74, 6) is -1.41. The monoisotopic (exact) mass is 522 g/mol. The fourth-order valence-corrected chi connectivity index (χ4v) is 4.19. The number of carboxylic acid groups (broad SMARTS) is 1. The lowest BCUT2D eigenvalue weighted by atomic mass is 10.1. The van der Waals surface area contributed by atoms with Crippen LogP contribution >= 0.6 is 0 Å². The standard InChI is InChI=1S/C32H46N2O4/c1-4-5-6-7-8-9-10-11-12-13-14-15-16-17-18-19-20-21-22-23-30(35)33-26-28(2)34(29(3)27-33)31(36)24-25-32(37)38/h5-6,8-9,11-12,14-15,17-18,20-21,24-25,28-29H,4,7,10,13,16,19,22-23,26-27H2,1-3H3,(H,37,38). The van der Waals surface area contributed by atoms with Crippen LogP contribution in [0, 0.1) is 0 Å². The Labute approximate surface area is 229 Å². The molecule has 0 saturated carbocycles. The van der Waals surface area contributed by atoms with E-state index < -0.39 is 5.97 Å². The molecule has 1 saturated heterocycles. The number of allylic oxidation sites excluding steroid dienone is 12. The van der Waals surface area contributed by atoms with E-state index in [2.05, 4.69) is 73.8 Å². The van der Waals surface area contributed by atoms with Crippen LogP contribution in [0.3, 0.4) is 0 Å². The van der Waals surface area contributed by atoms with Gasteiger partial charge in [-0.05, 0) is 58.8 Å². The zero-order chi connectivity index (χ0) is 28.0. The van der Waals surface area contributed by atoms with E-state index in [-0.39, 0.29) is 23.9 Å². The van der Waals surface area contributed by atoms with Gasteiger partial charge in [0.15, 0.2) is 0 Å². The van der Waals surface area contributed by atoms with E-state index in [1.807, 2.05) is 19.9 Å². The van der Waals surface area contributed by atoms with Crippen LogP contribution in [0.2, 0.25) is 0 Å². The highest BCUT2D eigenvalue weighted by Gasteiger charge is 2.33. The van der Waals surface area contributed by atoms with Crippen molar-refractivity contribution in [3.63, 3.8) is 0 Å². The molecule has 0 radical (unpaired) electrons. The van der Waals surface area contributed by atoms with Gasteiger partial charge in [0.05, 0.1) is 0 Å². The molecule has 0 aromatic heterocycles. The van der Waals surface area contributed by atoms with Gasteiger partial charge < -0.3 is 14.9 Å². The molecule has 1 heterocycles. The van der Waals surface area contributed by atoms with Crippen LogP contribution in [-0.2, 0) is 14.4 Å². The number of carboxylic acids is 1. The minimum absolute atomic E-state index is 0.0800. The Morgan fingerprint density at radius 1 is 0.684 bits per heavy atom. The lowest BCUT2D eigenvalue weighted by molar-refractivity contribution is -0.143. The molecule has 2 amide bonds. The normalized spacial score (nSPS) is 19.1. The van der Waals surface area contributed by atoms with Gasteiger partial charge in [-0.2, -0.15) is 0 Å². The van der Waals surface area contributed by atoms with Gasteiger partial charge in [-0.25, -0.2) is 4.79 Å². The summed E-state index contributed by atoms with van der Waals surface area (Å²) in [4.78, 5) is 39.1. The van der Waals surface area contributed by atoms with Crippen molar-refractivity contribution >= 4 is 17.8 Å². The first-order valence-corrected chi connectivity index (χ1v) is 13.8. The van der Waals surface area contributed by atoms with Crippen molar-refractivity contribution in [1.82, 2.24) is 9.80 Å². The minimum atomic E-state index is -1.15. The largest absolute Gasteiger partial charge is 0.478 e. The lowest BCUT2D eigenvalue weighted by Gasteiger charge is -2.44. The van der Waals surface area contributed by atoms with Crippen molar-refractivity contribution in [3.05, 3.63) is 85.1 Å². The SMILES string of the molecule is CCC=CCC=CCC=CCC=CCC=CCC=CCCC(=O)N1CC(C)N(C(=O)C=CC(=O)O)C(C)C1. The molecule has 1 rings (SSSR count). The molecule has 1 fully saturated rings. The average Bonchev–Trinajstić information content (AvgIpc) is 2.88. The Kier molecular flexibility index (Phi) is 17.7. The van der Waals surface area contributed by atoms with Crippen molar-refractivity contribution in [3.8, 4) is 0 Å². The van der Waals surface area contributed by atoms with Crippen LogP contribution in [0.25, 0.3) is 0 Å². The van der Waals surface area contributed by atoms with Crippen molar-refractivity contribution in [2.75, 3.05) is 13.1 Å². The molecular formula is C32H46N2O4. The molecule has 1 aliphatic rings. The zero-order valence-electron chi connectivity index (χ0n) is 23.4. The van der Waals surface area contributed by atoms with Crippen LogP contribution in [0.5, 0.6) is 0 Å². The Bertz CT molecular complexity index is 912. The summed E-state index contributed by atoms with van der Waals surface area (Å²) in [7, 11) is 0. The summed E-state index contributed by atoms with van der Waals surface area (Å²) >= 11 is 0. The van der Waals surface area contributed by atoms with E-state index in [1.165, 1.54) is 0 Å². The van der Waals surface area contributed by atoms with Crippen LogP contribution in [-0.4, -0.2) is 57.9 Å². The van der Waals surface area contributed by atoms with Gasteiger partial charge in [-0.15, -0.1) is 0 Å². The third-order valence-corrected chi connectivity index (χ3v) is 6.02. The Hall–Kier alpha value is -3.41. The average molecular weight is 523 g/mol. The van der Waals surface area contributed by atoms with Gasteiger partial charge in [0.25, 0.3) is 0 Å². The van der Waals surface area contributed by atoms with Crippen LogP contribution in [0.4, 0.5) is 0 Å². The maximum absolute atomic E-state index is 12.6. The fraction of sp³-hybridized carbons (Fsp3) is 0.469. The van der Waals surface area contributed by atoms with Gasteiger partial charge in [-0.1, -0.05) is 79.8 Å². The first-order valence-electron chi connectivity index (χ1n) is 13.8. The molecule has 0 spiro atoms. The van der Waals surface area contributed by atoms with Crippen molar-refractivity contribution < 1.29 is 19.5 Å². The predicted molar refractivity (Wildman–Crippen MR) is 157 cm³/mol. The van der Waals surface area contributed by atoms with Crippen molar-refractivity contribution in [2.45, 2.75) is 84.2 Å². The zero-order valence-corrected chi connectivity index (χ0v) is 23.4. The molecule has 38 heavy (non-hydrogen) atoms. The summed E-state index contributed by atoms with van der Waals surface area (Å²) < 4.78 is 0. The smallest absolute Gasteiger partial charge is 0.328 e. The molecular weight excluding hydrogens is 476 g/mol. The first kappa shape index (κ1) is 32.6. The van der Waals surface area contributed by atoms with Gasteiger partial charge in [-0.3, -0.25) is 9.59 Å². The Morgan fingerprint density at radius 3 is 1.53 bits per heavy atom. The number of carbonyl (C=O) groups excluding carboxylic acids is 2. The number of carbonyl (C=O) groups is 3. The number of hydrogen-bond acceptors (Lipinski definition) is 3. The van der Waals surface area contributed by atoms with Crippen LogP contribution in [0.15, 0.2) is 85.1 Å². The number of piperazine rings is 1. The third-order valence-electron chi connectivity index (χ3n) is 6.02. The molecule has 6 nitrogen and oxygen atoms in total. The van der Waals surface area contributed by atoms with Crippen molar-refractivity contribution in [2.24, 2.45) is 0 Å². The maximum atomic E-state index is 12.6. The molecule has 1 aliphatic heterocycles. The van der Waals surface area contributed by atoms with Gasteiger partial charge >= 0.3 is 5.97 Å². The maximum Gasteiger partial charge on any atom is 0.328 e. The van der Waals surface area contributed by atoms with E-state index in [9.17, 15) is 14.4 Å². The van der Waals surface area contributed by atoms with E-state index in [0.717, 1.165) is 50.7 Å². The summed E-state index contributed by atoms with van der Waals surface area (Å²) in [6.45, 7) is 6.82. The number of aliphatic carboxylic acids is 1. The second kappa shape index (κ2) is 20.6. The molecule has 0 aliphatic carbocycles. The van der Waals surface area contributed by atoms with Crippen LogP contribution < -0.4 is 0 Å². The predicted octanol–water partition coefficient (Wildman–Crippen LogP) is 6.55. The van der Waals surface area contributed by atoms with Gasteiger partial charge in [0.1, 0.15) is 0 Å². The van der Waals surface area contributed by atoms with Crippen LogP contribution in [0.1, 0.15) is 72.1 Å². The molecule has 208 valence electrons. The number of nitrogens with zero attached hydrogens (tertiary/aromatic N) is 2. The molecule has 0 bridgehead atoms. The lowest BCUT2D eigenvalue weighted by Crippen LogP contribution is -2.59. The molecule has 0 aromatic carbocycles. The topological polar surface area (TPSA) is 77.9 Å². The fourth-order valence-electron chi connectivity index (χ4n) is 4.19. The molecule has 2 unspecified atom stereocenters. The highest BCUT2D eigenvalue weighted by Crippen LogP contribution is 2.17. The first-order chi connectivity index (χ1) is 18.4. The summed E-state index contributed by atoms with van der Waals surface area (Å²) in [5, 5.41) is 8.73. The molecule has 1 N–H and O–H groups in total. The summed E-state index contributed by atoms with van der Waals surface area (Å²) in [5.41, 5.74) is 0. The number of rotatable bonds is 16. The molecule has 2 atom stereocenters. The Balaban J connectivity index is 2.19. The highest BCUT2D eigenvalue weighted by molar-refractivity contribution is 5.94. The van der Waals surface area contributed by atoms with E-state index in [1.54, 1.807) is 9.80 Å². The minimum Gasteiger partial charge on any atom is -0.478 e. The summed E-state index contributed by atoms with van der Waals surface area (Å²) in [6.07, 6.45) is 34.8. The van der Waals surface area contributed by atoms with Crippen molar-refractivity contribution in [1.29, 1.82) is 0 Å². The van der Waals surface area contributed by atoms with E-state index >= 15 is 0 Å².